The second-order valence-electron chi connectivity index (χ2n) is 7.32. The Balaban J connectivity index is 2.17. The summed E-state index contributed by atoms with van der Waals surface area (Å²) in [4.78, 5) is 30.4. The Morgan fingerprint density at radius 1 is 1.07 bits per heavy atom. The van der Waals surface area contributed by atoms with Crippen LogP contribution in [0.2, 0.25) is 0 Å². The third kappa shape index (κ3) is 4.28. The normalized spacial score (nSPS) is 12.4. The van der Waals surface area contributed by atoms with Crippen molar-refractivity contribution in [1.29, 1.82) is 0 Å². The fourth-order valence-electron chi connectivity index (χ4n) is 3.11. The summed E-state index contributed by atoms with van der Waals surface area (Å²) in [6.45, 7) is 9.68. The molecule has 0 fully saturated rings. The van der Waals surface area contributed by atoms with Crippen molar-refractivity contribution in [2.75, 3.05) is 0 Å². The summed E-state index contributed by atoms with van der Waals surface area (Å²) < 4.78 is 1.62. The summed E-state index contributed by atoms with van der Waals surface area (Å²) in [7, 11) is 0. The number of rotatable bonds is 5. The number of carbonyl (C=O) groups is 1. The molecule has 1 N–H and O–H groups in total. The van der Waals surface area contributed by atoms with Crippen molar-refractivity contribution in [1.82, 2.24) is 14.9 Å². The molecule has 1 unspecified atom stereocenters. The first-order valence-corrected chi connectivity index (χ1v) is 10.2. The Morgan fingerprint density at radius 3 is 2.36 bits per heavy atom. The summed E-state index contributed by atoms with van der Waals surface area (Å²) in [5.41, 5.74) is 3.40. The maximum absolute atomic E-state index is 13.3. The molecular formula is C22H25N3O2S. The molecule has 28 heavy (non-hydrogen) atoms. The van der Waals surface area contributed by atoms with Crippen LogP contribution in [0.4, 0.5) is 0 Å². The van der Waals surface area contributed by atoms with Gasteiger partial charge in [0.2, 0.25) is 5.91 Å². The van der Waals surface area contributed by atoms with Crippen LogP contribution in [0.25, 0.3) is 16.6 Å². The summed E-state index contributed by atoms with van der Waals surface area (Å²) in [6.07, 6.45) is 0. The van der Waals surface area contributed by atoms with Gasteiger partial charge in [0.15, 0.2) is 5.16 Å². The molecule has 6 heteroatoms. The molecule has 2 aromatic carbocycles. The largest absolute Gasteiger partial charge is 0.353 e. The van der Waals surface area contributed by atoms with Gasteiger partial charge in [0.05, 0.1) is 21.8 Å². The number of hydrogen-bond donors (Lipinski definition) is 1. The molecule has 3 rings (SSSR count). The van der Waals surface area contributed by atoms with Crippen molar-refractivity contribution in [2.24, 2.45) is 0 Å². The van der Waals surface area contributed by atoms with Crippen LogP contribution < -0.4 is 10.9 Å². The predicted molar refractivity (Wildman–Crippen MR) is 115 cm³/mol. The number of nitrogens with zero attached hydrogens (tertiary/aromatic N) is 2. The summed E-state index contributed by atoms with van der Waals surface area (Å²) in [5, 5.41) is 3.61. The molecule has 1 heterocycles. The van der Waals surface area contributed by atoms with Gasteiger partial charge in [-0.05, 0) is 70.0 Å². The van der Waals surface area contributed by atoms with Gasteiger partial charge < -0.3 is 5.32 Å². The van der Waals surface area contributed by atoms with Crippen LogP contribution in [0.15, 0.2) is 52.4 Å². The molecule has 0 saturated carbocycles. The number of aryl methyl sites for hydroxylation is 2. The third-order valence-electron chi connectivity index (χ3n) is 4.29. The molecule has 0 radical (unpaired) electrons. The first-order valence-electron chi connectivity index (χ1n) is 9.33. The van der Waals surface area contributed by atoms with E-state index in [-0.39, 0.29) is 22.8 Å². The summed E-state index contributed by atoms with van der Waals surface area (Å²) >= 11 is 1.30. The number of para-hydroxylation sites is 1. The second kappa shape index (κ2) is 8.19. The third-order valence-corrected chi connectivity index (χ3v) is 5.34. The molecule has 3 aromatic rings. The van der Waals surface area contributed by atoms with E-state index < -0.39 is 0 Å². The van der Waals surface area contributed by atoms with E-state index in [0.29, 0.717) is 16.1 Å². The molecule has 0 saturated heterocycles. The number of fused-ring (bicyclic) bond motifs is 1. The number of hydrogen-bond acceptors (Lipinski definition) is 4. The second-order valence-corrected chi connectivity index (χ2v) is 8.63. The van der Waals surface area contributed by atoms with Crippen LogP contribution in [0, 0.1) is 13.8 Å². The van der Waals surface area contributed by atoms with Gasteiger partial charge in [-0.25, -0.2) is 4.98 Å². The molecule has 0 aliphatic rings. The van der Waals surface area contributed by atoms with Gasteiger partial charge in [0, 0.05) is 6.04 Å². The van der Waals surface area contributed by atoms with Crippen LogP contribution >= 0.6 is 11.8 Å². The van der Waals surface area contributed by atoms with Gasteiger partial charge in [-0.1, -0.05) is 30.0 Å². The zero-order valence-electron chi connectivity index (χ0n) is 16.8. The Kier molecular flexibility index (Phi) is 5.89. The first kappa shape index (κ1) is 20.1. The fourth-order valence-corrected chi connectivity index (χ4v) is 4.05. The van der Waals surface area contributed by atoms with E-state index in [0.717, 1.165) is 16.8 Å². The highest BCUT2D eigenvalue weighted by atomic mass is 32.2. The van der Waals surface area contributed by atoms with E-state index in [1.807, 2.05) is 65.0 Å². The van der Waals surface area contributed by atoms with E-state index in [1.54, 1.807) is 10.6 Å². The molecule has 0 spiro atoms. The van der Waals surface area contributed by atoms with Crippen molar-refractivity contribution in [3.8, 4) is 5.69 Å². The maximum atomic E-state index is 13.3. The molecule has 146 valence electrons. The highest BCUT2D eigenvalue weighted by molar-refractivity contribution is 8.00. The summed E-state index contributed by atoms with van der Waals surface area (Å²) in [5.74, 6) is -0.0746. The molecule has 0 aliphatic heterocycles. The van der Waals surface area contributed by atoms with Crippen molar-refractivity contribution in [3.63, 3.8) is 0 Å². The maximum Gasteiger partial charge on any atom is 0.266 e. The highest BCUT2D eigenvalue weighted by Gasteiger charge is 2.20. The number of thioether (sulfide) groups is 1. The number of benzene rings is 2. The molecule has 0 aliphatic carbocycles. The van der Waals surface area contributed by atoms with Crippen LogP contribution in [0.5, 0.6) is 0 Å². The number of nitrogens with one attached hydrogen (secondary N) is 1. The monoisotopic (exact) mass is 395 g/mol. The Bertz CT molecular complexity index is 1070. The molecule has 1 aromatic heterocycles. The summed E-state index contributed by atoms with van der Waals surface area (Å²) in [6, 6.07) is 13.4. The number of amides is 1. The fraction of sp³-hybridized carbons (Fsp3) is 0.318. The highest BCUT2D eigenvalue weighted by Crippen LogP contribution is 2.26. The zero-order chi connectivity index (χ0) is 20.4. The van der Waals surface area contributed by atoms with Gasteiger partial charge in [-0.3, -0.25) is 14.2 Å². The number of carbonyl (C=O) groups excluding carboxylic acids is 1. The molecule has 1 amide bonds. The molecular weight excluding hydrogens is 370 g/mol. The minimum absolute atomic E-state index is 0.0572. The van der Waals surface area contributed by atoms with E-state index >= 15 is 0 Å². The number of aromatic nitrogens is 2. The van der Waals surface area contributed by atoms with Crippen LogP contribution in [0.1, 0.15) is 31.9 Å². The SMILES string of the molecule is Cc1cc(C)cc(-n2c(SC(C)C(=O)NC(C)C)nc3ccccc3c2=O)c1. The quantitative estimate of drug-likeness (QED) is 0.524. The molecule has 1 atom stereocenters. The lowest BCUT2D eigenvalue weighted by atomic mass is 10.1. The van der Waals surface area contributed by atoms with E-state index in [2.05, 4.69) is 11.4 Å². The van der Waals surface area contributed by atoms with E-state index in [4.69, 9.17) is 4.98 Å². The van der Waals surface area contributed by atoms with Crippen molar-refractivity contribution >= 4 is 28.6 Å². The van der Waals surface area contributed by atoms with Gasteiger partial charge in [0.25, 0.3) is 5.56 Å². The average Bonchev–Trinajstić information content (AvgIpc) is 2.60. The van der Waals surface area contributed by atoms with Gasteiger partial charge >= 0.3 is 0 Å². The van der Waals surface area contributed by atoms with Crippen LogP contribution in [-0.4, -0.2) is 26.8 Å². The minimum atomic E-state index is -0.382. The topological polar surface area (TPSA) is 64.0 Å². The van der Waals surface area contributed by atoms with Crippen LogP contribution in [0.3, 0.4) is 0 Å². The Labute approximate surface area is 169 Å². The van der Waals surface area contributed by atoms with Crippen molar-refractivity contribution in [2.45, 2.75) is 51.1 Å². The predicted octanol–water partition coefficient (Wildman–Crippen LogP) is 4.01. The molecule has 5 nitrogen and oxygen atoms in total. The van der Waals surface area contributed by atoms with E-state index in [1.165, 1.54) is 11.8 Å². The Hall–Kier alpha value is -2.60. The standard InChI is InChI=1S/C22H25N3O2S/c1-13(2)23-20(26)16(5)28-22-24-19-9-7-6-8-18(19)21(27)25(22)17-11-14(3)10-15(4)12-17/h6-13,16H,1-5H3,(H,23,26). The smallest absolute Gasteiger partial charge is 0.266 e. The average molecular weight is 396 g/mol. The Morgan fingerprint density at radius 2 is 1.71 bits per heavy atom. The van der Waals surface area contributed by atoms with Crippen LogP contribution in [-0.2, 0) is 4.79 Å². The lowest BCUT2D eigenvalue weighted by Crippen LogP contribution is -2.36. The van der Waals surface area contributed by atoms with Gasteiger partial charge in [0.1, 0.15) is 0 Å². The molecule has 0 bridgehead atoms. The van der Waals surface area contributed by atoms with E-state index in [9.17, 15) is 9.59 Å². The van der Waals surface area contributed by atoms with Crippen molar-refractivity contribution < 1.29 is 4.79 Å². The van der Waals surface area contributed by atoms with Gasteiger partial charge in [-0.15, -0.1) is 0 Å². The lowest BCUT2D eigenvalue weighted by molar-refractivity contribution is -0.120. The lowest BCUT2D eigenvalue weighted by Gasteiger charge is -2.18. The van der Waals surface area contributed by atoms with Crippen molar-refractivity contribution in [3.05, 3.63) is 63.9 Å². The van der Waals surface area contributed by atoms with Gasteiger partial charge in [-0.2, -0.15) is 0 Å². The first-order chi connectivity index (χ1) is 13.3. The minimum Gasteiger partial charge on any atom is -0.353 e. The zero-order valence-corrected chi connectivity index (χ0v) is 17.6.